The maximum Gasteiger partial charge on any atom is 0.248 e. The Morgan fingerprint density at radius 3 is 2.67 bits per heavy atom. The molecule has 1 fully saturated rings. The Labute approximate surface area is 146 Å². The molecule has 1 aliphatic rings. The van der Waals surface area contributed by atoms with Gasteiger partial charge in [0.15, 0.2) is 0 Å². The van der Waals surface area contributed by atoms with E-state index in [-0.39, 0.29) is 5.91 Å². The second-order valence-electron chi connectivity index (χ2n) is 5.84. The molecule has 3 heterocycles. The van der Waals surface area contributed by atoms with Crippen molar-refractivity contribution >= 4 is 35.1 Å². The van der Waals surface area contributed by atoms with Crippen molar-refractivity contribution in [3.8, 4) is 0 Å². The van der Waals surface area contributed by atoms with Gasteiger partial charge >= 0.3 is 0 Å². The van der Waals surface area contributed by atoms with E-state index in [1.165, 1.54) is 18.9 Å². The van der Waals surface area contributed by atoms with Crippen LogP contribution in [0.3, 0.4) is 0 Å². The van der Waals surface area contributed by atoms with Crippen LogP contribution in [0.4, 0.5) is 11.5 Å². The second kappa shape index (κ2) is 7.05. The SMILES string of the molecule is Cc1nn(C)c(Cl)c1/C=C/C(=O)Nc1ccc(N2CCCC2)nc1. The number of aromatic nitrogens is 3. The number of amides is 1. The lowest BCUT2D eigenvalue weighted by molar-refractivity contribution is -0.111. The minimum absolute atomic E-state index is 0.231. The van der Waals surface area contributed by atoms with E-state index in [4.69, 9.17) is 11.6 Å². The zero-order valence-corrected chi connectivity index (χ0v) is 14.5. The second-order valence-corrected chi connectivity index (χ2v) is 6.19. The third kappa shape index (κ3) is 3.59. The van der Waals surface area contributed by atoms with E-state index >= 15 is 0 Å². The fourth-order valence-corrected chi connectivity index (χ4v) is 3.01. The summed E-state index contributed by atoms with van der Waals surface area (Å²) in [4.78, 5) is 18.7. The van der Waals surface area contributed by atoms with Crippen molar-refractivity contribution in [3.05, 3.63) is 40.8 Å². The highest BCUT2D eigenvalue weighted by atomic mass is 35.5. The highest BCUT2D eigenvalue weighted by Crippen LogP contribution is 2.21. The van der Waals surface area contributed by atoms with Crippen LogP contribution >= 0.6 is 11.6 Å². The van der Waals surface area contributed by atoms with Crippen LogP contribution in [0.25, 0.3) is 6.08 Å². The van der Waals surface area contributed by atoms with Crippen LogP contribution in [0.5, 0.6) is 0 Å². The summed E-state index contributed by atoms with van der Waals surface area (Å²) < 4.78 is 1.58. The summed E-state index contributed by atoms with van der Waals surface area (Å²) in [5.41, 5.74) is 2.20. The first-order valence-electron chi connectivity index (χ1n) is 7.94. The Balaban J connectivity index is 1.63. The standard InChI is InChI=1S/C17H20ClN5O/c1-12-14(17(18)22(2)21-12)6-8-16(24)20-13-5-7-15(19-11-13)23-9-3-4-10-23/h5-8,11H,3-4,9-10H2,1-2H3,(H,20,24)/b8-6+. The molecular weight excluding hydrogens is 326 g/mol. The zero-order valence-electron chi connectivity index (χ0n) is 13.8. The van der Waals surface area contributed by atoms with E-state index in [0.717, 1.165) is 30.2 Å². The topological polar surface area (TPSA) is 63.1 Å². The van der Waals surface area contributed by atoms with Crippen molar-refractivity contribution in [2.45, 2.75) is 19.8 Å². The highest BCUT2D eigenvalue weighted by Gasteiger charge is 2.13. The van der Waals surface area contributed by atoms with Crippen LogP contribution in [0.2, 0.25) is 5.15 Å². The van der Waals surface area contributed by atoms with Crippen LogP contribution in [0.1, 0.15) is 24.1 Å². The van der Waals surface area contributed by atoms with Crippen molar-refractivity contribution in [1.29, 1.82) is 0 Å². The van der Waals surface area contributed by atoms with Gasteiger partial charge in [-0.05, 0) is 38.0 Å². The van der Waals surface area contributed by atoms with Crippen molar-refractivity contribution in [1.82, 2.24) is 14.8 Å². The molecule has 0 radical (unpaired) electrons. The highest BCUT2D eigenvalue weighted by molar-refractivity contribution is 6.31. The number of rotatable bonds is 4. The number of aryl methyl sites for hydroxylation is 2. The first-order valence-corrected chi connectivity index (χ1v) is 8.31. The maximum atomic E-state index is 12.0. The van der Waals surface area contributed by atoms with E-state index in [9.17, 15) is 4.79 Å². The van der Waals surface area contributed by atoms with Gasteiger partial charge in [0, 0.05) is 31.8 Å². The Morgan fingerprint density at radius 2 is 2.08 bits per heavy atom. The summed E-state index contributed by atoms with van der Waals surface area (Å²) in [6, 6.07) is 3.81. The molecule has 0 bridgehead atoms. The molecule has 6 nitrogen and oxygen atoms in total. The fourth-order valence-electron chi connectivity index (χ4n) is 2.77. The van der Waals surface area contributed by atoms with E-state index < -0.39 is 0 Å². The zero-order chi connectivity index (χ0) is 17.1. The molecule has 1 saturated heterocycles. The van der Waals surface area contributed by atoms with Gasteiger partial charge in [0.25, 0.3) is 0 Å². The predicted octanol–water partition coefficient (Wildman–Crippen LogP) is 3.03. The number of hydrogen-bond acceptors (Lipinski definition) is 4. The number of carbonyl (C=O) groups is 1. The lowest BCUT2D eigenvalue weighted by atomic mass is 10.2. The van der Waals surface area contributed by atoms with Crippen LogP contribution in [-0.2, 0) is 11.8 Å². The number of nitrogens with zero attached hydrogens (tertiary/aromatic N) is 4. The van der Waals surface area contributed by atoms with E-state index in [2.05, 4.69) is 20.3 Å². The molecule has 1 N–H and O–H groups in total. The number of carbonyl (C=O) groups excluding carboxylic acids is 1. The molecule has 0 aliphatic carbocycles. The fraction of sp³-hybridized carbons (Fsp3) is 0.353. The van der Waals surface area contributed by atoms with Gasteiger partial charge in [0.1, 0.15) is 11.0 Å². The number of halogens is 1. The number of nitrogens with one attached hydrogen (secondary N) is 1. The third-order valence-electron chi connectivity index (χ3n) is 4.04. The monoisotopic (exact) mass is 345 g/mol. The van der Waals surface area contributed by atoms with Crippen LogP contribution in [-0.4, -0.2) is 33.8 Å². The molecule has 7 heteroatoms. The lowest BCUT2D eigenvalue weighted by Crippen LogP contribution is -2.18. The number of pyridine rings is 1. The minimum atomic E-state index is -0.231. The normalized spacial score (nSPS) is 14.5. The molecule has 1 amide bonds. The minimum Gasteiger partial charge on any atom is -0.357 e. The summed E-state index contributed by atoms with van der Waals surface area (Å²) >= 11 is 6.14. The van der Waals surface area contributed by atoms with E-state index in [1.807, 2.05) is 19.1 Å². The molecule has 0 saturated carbocycles. The average molecular weight is 346 g/mol. The third-order valence-corrected chi connectivity index (χ3v) is 4.49. The van der Waals surface area contributed by atoms with Crippen molar-refractivity contribution < 1.29 is 4.79 Å². The maximum absolute atomic E-state index is 12.0. The van der Waals surface area contributed by atoms with Crippen LogP contribution in [0.15, 0.2) is 24.4 Å². The molecule has 24 heavy (non-hydrogen) atoms. The number of anilines is 2. The van der Waals surface area contributed by atoms with Gasteiger partial charge in [0.05, 0.1) is 17.6 Å². The van der Waals surface area contributed by atoms with Crippen molar-refractivity contribution in [2.24, 2.45) is 7.05 Å². The largest absolute Gasteiger partial charge is 0.357 e. The Hall–Kier alpha value is -2.34. The summed E-state index contributed by atoms with van der Waals surface area (Å²) in [6.07, 6.45) is 7.22. The predicted molar refractivity (Wildman–Crippen MR) is 96.3 cm³/mol. The first-order chi connectivity index (χ1) is 11.5. The molecule has 1 aliphatic heterocycles. The molecular formula is C17H20ClN5O. The Bertz CT molecular complexity index is 760. The Morgan fingerprint density at radius 1 is 1.33 bits per heavy atom. The molecule has 0 unspecified atom stereocenters. The summed E-state index contributed by atoms with van der Waals surface area (Å²) in [5, 5.41) is 7.51. The average Bonchev–Trinajstić information content (AvgIpc) is 3.17. The molecule has 0 spiro atoms. The van der Waals surface area contributed by atoms with Crippen LogP contribution < -0.4 is 10.2 Å². The summed E-state index contributed by atoms with van der Waals surface area (Å²) in [5.74, 6) is 0.726. The van der Waals surface area contributed by atoms with Gasteiger partial charge < -0.3 is 10.2 Å². The van der Waals surface area contributed by atoms with Gasteiger partial charge in [-0.25, -0.2) is 4.98 Å². The van der Waals surface area contributed by atoms with Crippen LogP contribution in [0, 0.1) is 6.92 Å². The van der Waals surface area contributed by atoms with Gasteiger partial charge in [-0.2, -0.15) is 5.10 Å². The lowest BCUT2D eigenvalue weighted by Gasteiger charge is -2.16. The van der Waals surface area contributed by atoms with Gasteiger partial charge in [-0.15, -0.1) is 0 Å². The van der Waals surface area contributed by atoms with Crippen molar-refractivity contribution in [2.75, 3.05) is 23.3 Å². The smallest absolute Gasteiger partial charge is 0.248 e. The first kappa shape index (κ1) is 16.5. The van der Waals surface area contributed by atoms with Gasteiger partial charge in [-0.3, -0.25) is 9.48 Å². The van der Waals surface area contributed by atoms with Gasteiger partial charge in [0.2, 0.25) is 5.91 Å². The molecule has 3 rings (SSSR count). The summed E-state index contributed by atoms with van der Waals surface area (Å²) in [6.45, 7) is 3.95. The molecule has 2 aromatic rings. The molecule has 2 aromatic heterocycles. The number of hydrogen-bond donors (Lipinski definition) is 1. The van der Waals surface area contributed by atoms with E-state index in [1.54, 1.807) is 24.0 Å². The molecule has 0 aromatic carbocycles. The van der Waals surface area contributed by atoms with Gasteiger partial charge in [-0.1, -0.05) is 11.6 Å². The Kier molecular flexibility index (Phi) is 4.85. The summed E-state index contributed by atoms with van der Waals surface area (Å²) in [7, 11) is 1.76. The molecule has 126 valence electrons. The quantitative estimate of drug-likeness (QED) is 0.865. The van der Waals surface area contributed by atoms with Crippen molar-refractivity contribution in [3.63, 3.8) is 0 Å². The van der Waals surface area contributed by atoms with E-state index in [0.29, 0.717) is 10.8 Å². The molecule has 0 atom stereocenters.